The summed E-state index contributed by atoms with van der Waals surface area (Å²) in [6, 6.07) is 0.985. The second-order valence-corrected chi connectivity index (χ2v) is 20.9. The van der Waals surface area contributed by atoms with E-state index < -0.39 is 24.1 Å². The average Bonchev–Trinajstić information content (AvgIpc) is 3.93. The zero-order valence-electron chi connectivity index (χ0n) is 38.9. The minimum absolute atomic E-state index is 0.0141. The smallest absolute Gasteiger partial charge is 0.226 e. The third kappa shape index (κ3) is 13.4. The van der Waals surface area contributed by atoms with Crippen LogP contribution in [0.15, 0.2) is 24.3 Å². The topological polar surface area (TPSA) is 154 Å². The number of aldehydes is 1. The van der Waals surface area contributed by atoms with Gasteiger partial charge in [-0.3, -0.25) is 19.2 Å². The predicted octanol–water partition coefficient (Wildman–Crippen LogP) is 8.65. The maximum Gasteiger partial charge on any atom is 0.226 e. The van der Waals surface area contributed by atoms with Crippen LogP contribution in [-0.2, 0) is 33.4 Å². The Kier molecular flexibility index (Phi) is 18.6. The van der Waals surface area contributed by atoms with E-state index in [0.717, 1.165) is 115 Å². The molecule has 0 spiro atoms. The van der Waals surface area contributed by atoms with E-state index in [1.165, 1.54) is 0 Å². The first-order chi connectivity index (χ1) is 29.6. The van der Waals surface area contributed by atoms with E-state index in [4.69, 9.17) is 9.47 Å². The molecule has 0 aromatic carbocycles. The molecule has 11 atom stereocenters. The number of fused-ring (bicyclic) bond motifs is 6. The van der Waals surface area contributed by atoms with Gasteiger partial charge in [0.2, 0.25) is 11.8 Å². The lowest BCUT2D eigenvalue weighted by Crippen LogP contribution is -2.47. The molecule has 11 heteroatoms. The highest BCUT2D eigenvalue weighted by Gasteiger charge is 2.56. The highest BCUT2D eigenvalue weighted by molar-refractivity contribution is 5.92. The largest absolute Gasteiger partial charge is 0.378 e. The number of amides is 2. The Morgan fingerprint density at radius 1 is 0.661 bits per heavy atom. The monoisotopic (exact) mass is 862 g/mol. The number of allylic oxidation sites excluding steroid dienone is 4. The molecule has 0 saturated carbocycles. The molecule has 0 aliphatic carbocycles. The Labute approximate surface area is 372 Å². The number of carbonyl (C=O) groups excluding carboxylic acids is 5. The summed E-state index contributed by atoms with van der Waals surface area (Å²) in [5.41, 5.74) is -0.566. The lowest BCUT2D eigenvalue weighted by atomic mass is 9.83. The molecule has 1 N–H and O–H groups in total. The normalized spacial score (nSPS) is 35.9. The summed E-state index contributed by atoms with van der Waals surface area (Å²) in [6.07, 6.45) is 25.5. The molecular weight excluding hydrogens is 783 g/mol. The van der Waals surface area contributed by atoms with Crippen molar-refractivity contribution in [2.45, 2.75) is 212 Å². The SMILES string of the molecule is C[C@H]1CCCCC=CCCCC[C@@H](C(O)C#N)CC(=O)[C@@H]2[C@H]3CC(C)(C)OC3CN2C1=O.C[C@H]1CCCCC=CCCCC[C@@H](C=O)CC(=O)[C@@H]2[C@H]3CC(C)(C)OC3CN2C1=O. The van der Waals surface area contributed by atoms with Gasteiger partial charge in [0.1, 0.15) is 12.4 Å². The van der Waals surface area contributed by atoms with Crippen molar-refractivity contribution >= 4 is 29.7 Å². The summed E-state index contributed by atoms with van der Waals surface area (Å²) in [4.78, 5) is 68.9. The second-order valence-electron chi connectivity index (χ2n) is 20.9. The van der Waals surface area contributed by atoms with E-state index in [1.54, 1.807) is 9.80 Å². The minimum atomic E-state index is -1.16. The molecule has 4 fully saturated rings. The predicted molar refractivity (Wildman–Crippen MR) is 240 cm³/mol. The number of hydrogen-bond donors (Lipinski definition) is 1. The van der Waals surface area contributed by atoms with Crippen molar-refractivity contribution in [1.82, 2.24) is 9.80 Å². The molecule has 62 heavy (non-hydrogen) atoms. The Morgan fingerprint density at radius 2 is 1.06 bits per heavy atom. The van der Waals surface area contributed by atoms with Crippen LogP contribution in [0.5, 0.6) is 0 Å². The fourth-order valence-corrected chi connectivity index (χ4v) is 11.3. The molecule has 11 nitrogen and oxygen atoms in total. The molecule has 6 heterocycles. The van der Waals surface area contributed by atoms with E-state index in [2.05, 4.69) is 38.2 Å². The summed E-state index contributed by atoms with van der Waals surface area (Å²) < 4.78 is 12.4. The van der Waals surface area contributed by atoms with Crippen LogP contribution in [0.2, 0.25) is 0 Å². The molecule has 6 rings (SSSR count). The molecule has 0 bridgehead atoms. The number of ether oxygens (including phenoxy) is 2. The number of hydrogen-bond acceptors (Lipinski definition) is 9. The van der Waals surface area contributed by atoms with Gasteiger partial charge in [-0.1, -0.05) is 63.8 Å². The molecule has 0 radical (unpaired) electrons. The van der Waals surface area contributed by atoms with E-state index in [0.29, 0.717) is 19.5 Å². The average molecular weight is 862 g/mol. The molecular formula is C51H79N3O8. The lowest BCUT2D eigenvalue weighted by Gasteiger charge is -2.32. The van der Waals surface area contributed by atoms with Gasteiger partial charge in [0.15, 0.2) is 11.6 Å². The Bertz CT molecular complexity index is 1630. The van der Waals surface area contributed by atoms with Crippen molar-refractivity contribution in [3.8, 4) is 6.07 Å². The third-order valence-electron chi connectivity index (χ3n) is 14.6. The summed E-state index contributed by atoms with van der Waals surface area (Å²) in [7, 11) is 0. The maximum absolute atomic E-state index is 13.6. The first kappa shape index (κ1) is 49.8. The standard InChI is InChI=1S/C26H40N2O4.C25H39NO4/c1-18-12-10-8-6-4-5-7-9-11-13-19(22(30)16-27)14-21(29)24-20-15-26(2,3)32-23(20)17-28(24)25(18)31;1-18-12-10-8-6-4-5-7-9-11-13-19(17-27)14-21(28)23-20-15-25(2,3)30-22(20)16-26(23)24(18)29/h4-5,18-20,22-24,30H,6-15,17H2,1-3H3;4-5,17-20,22-23H,6-16H2,1-3H3/t18-,19+,20-,22?,23?,24-;18-,19+,20-,22?,23-/m00/s1. The van der Waals surface area contributed by atoms with E-state index in [9.17, 15) is 34.3 Å². The zero-order valence-corrected chi connectivity index (χ0v) is 38.9. The zero-order chi connectivity index (χ0) is 45.0. The number of Topliss-reactive ketones (excluding diaryl/α,β-unsaturated/α-hetero) is 2. The highest BCUT2D eigenvalue weighted by Crippen LogP contribution is 2.46. The molecule has 4 saturated heterocycles. The number of aliphatic hydroxyl groups is 1. The number of carbonyl (C=O) groups is 5. The second kappa shape index (κ2) is 23.1. The first-order valence-corrected chi connectivity index (χ1v) is 24.4. The maximum atomic E-state index is 13.6. The molecule has 0 aromatic heterocycles. The first-order valence-electron chi connectivity index (χ1n) is 24.4. The fourth-order valence-electron chi connectivity index (χ4n) is 11.3. The molecule has 6 aliphatic rings. The van der Waals surface area contributed by atoms with Gasteiger partial charge < -0.3 is 29.2 Å². The van der Waals surface area contributed by atoms with Gasteiger partial charge >= 0.3 is 0 Å². The van der Waals surface area contributed by atoms with Gasteiger partial charge in [-0.15, -0.1) is 0 Å². The summed E-state index contributed by atoms with van der Waals surface area (Å²) in [5, 5.41) is 19.6. The summed E-state index contributed by atoms with van der Waals surface area (Å²) in [6.45, 7) is 13.1. The summed E-state index contributed by atoms with van der Waals surface area (Å²) >= 11 is 0. The fraction of sp³-hybridized carbons (Fsp3) is 0.804. The van der Waals surface area contributed by atoms with Crippen LogP contribution in [0.3, 0.4) is 0 Å². The molecule has 0 aromatic rings. The van der Waals surface area contributed by atoms with Gasteiger partial charge in [0.25, 0.3) is 0 Å². The molecule has 2 amide bonds. The van der Waals surface area contributed by atoms with Crippen molar-refractivity contribution in [1.29, 1.82) is 5.26 Å². The minimum Gasteiger partial charge on any atom is -0.378 e. The number of nitriles is 1. The highest BCUT2D eigenvalue weighted by atomic mass is 16.5. The Balaban J connectivity index is 0.000000235. The van der Waals surface area contributed by atoms with Crippen LogP contribution in [0.4, 0.5) is 0 Å². The van der Waals surface area contributed by atoms with Crippen LogP contribution in [-0.4, -0.2) is 99.3 Å². The number of ketones is 2. The lowest BCUT2D eigenvalue weighted by molar-refractivity contribution is -0.143. The number of aliphatic hydroxyl groups excluding tert-OH is 1. The van der Waals surface area contributed by atoms with Gasteiger partial charge in [-0.05, 0) is 118 Å². The van der Waals surface area contributed by atoms with Crippen LogP contribution in [0, 0.1) is 46.8 Å². The van der Waals surface area contributed by atoms with Gasteiger partial charge in [0, 0.05) is 61.4 Å². The van der Waals surface area contributed by atoms with Crippen molar-refractivity contribution in [2.24, 2.45) is 35.5 Å². The van der Waals surface area contributed by atoms with Gasteiger partial charge in [-0.25, -0.2) is 0 Å². The van der Waals surface area contributed by atoms with Crippen molar-refractivity contribution < 1.29 is 38.6 Å². The van der Waals surface area contributed by atoms with Gasteiger partial charge in [-0.2, -0.15) is 5.26 Å². The molecule has 346 valence electrons. The van der Waals surface area contributed by atoms with Gasteiger partial charge in [0.05, 0.1) is 41.6 Å². The number of rotatable bonds is 2. The number of nitrogens with zero attached hydrogens (tertiary/aromatic N) is 3. The quantitative estimate of drug-likeness (QED) is 0.163. The van der Waals surface area contributed by atoms with Crippen LogP contribution in [0.1, 0.15) is 170 Å². The van der Waals surface area contributed by atoms with Crippen LogP contribution < -0.4 is 0 Å². The van der Waals surface area contributed by atoms with E-state index >= 15 is 0 Å². The molecule has 3 unspecified atom stereocenters. The van der Waals surface area contributed by atoms with E-state index in [-0.39, 0.29) is 89.2 Å². The van der Waals surface area contributed by atoms with Crippen LogP contribution in [0.25, 0.3) is 0 Å². The summed E-state index contributed by atoms with van der Waals surface area (Å²) in [5.74, 6) is -0.693. The molecule has 6 aliphatic heterocycles. The van der Waals surface area contributed by atoms with E-state index in [1.807, 2.05) is 33.8 Å². The van der Waals surface area contributed by atoms with Crippen molar-refractivity contribution in [3.05, 3.63) is 24.3 Å². The Morgan fingerprint density at radius 3 is 1.48 bits per heavy atom. The Hall–Kier alpha value is -3.20. The van der Waals surface area contributed by atoms with Crippen molar-refractivity contribution in [3.63, 3.8) is 0 Å². The van der Waals surface area contributed by atoms with Crippen molar-refractivity contribution in [2.75, 3.05) is 13.1 Å². The third-order valence-corrected chi connectivity index (χ3v) is 14.6. The van der Waals surface area contributed by atoms with Crippen LogP contribution >= 0.6 is 0 Å².